The quantitative estimate of drug-likeness (QED) is 0.490. The second-order valence-electron chi connectivity index (χ2n) is 11.6. The molecule has 0 spiro atoms. The minimum atomic E-state index is 0.0684. The Labute approximate surface area is 189 Å². The van der Waals surface area contributed by atoms with Gasteiger partial charge in [-0.05, 0) is 68.2 Å². The minimum Gasteiger partial charge on any atom is -0.496 e. The van der Waals surface area contributed by atoms with Crippen LogP contribution in [-0.4, -0.2) is 7.11 Å². The van der Waals surface area contributed by atoms with Crippen LogP contribution in [0.5, 0.6) is 5.75 Å². The average Bonchev–Trinajstić information content (AvgIpc) is 3.27. The van der Waals surface area contributed by atoms with Crippen LogP contribution in [-0.2, 0) is 10.8 Å². The van der Waals surface area contributed by atoms with E-state index >= 15 is 0 Å². The highest BCUT2D eigenvalue weighted by Crippen LogP contribution is 2.56. The molecule has 164 valence electrons. The summed E-state index contributed by atoms with van der Waals surface area (Å²) in [6, 6.07) is 11.8. The van der Waals surface area contributed by atoms with Gasteiger partial charge in [-0.1, -0.05) is 91.8 Å². The molecule has 0 saturated carbocycles. The second-order valence-corrected chi connectivity index (χ2v) is 11.6. The normalized spacial score (nSPS) is 18.1. The Bertz CT molecular complexity index is 1080. The zero-order valence-electron chi connectivity index (χ0n) is 20.8. The van der Waals surface area contributed by atoms with Crippen molar-refractivity contribution in [3.8, 4) is 16.9 Å². The lowest BCUT2D eigenvalue weighted by Crippen LogP contribution is -2.14. The maximum absolute atomic E-state index is 6.00. The predicted octanol–water partition coefficient (Wildman–Crippen LogP) is 8.32. The van der Waals surface area contributed by atoms with Gasteiger partial charge in [0.1, 0.15) is 5.75 Å². The van der Waals surface area contributed by atoms with Crippen LogP contribution >= 0.6 is 0 Å². The third-order valence-corrected chi connectivity index (χ3v) is 6.97. The van der Waals surface area contributed by atoms with Crippen LogP contribution in [0, 0.1) is 5.92 Å². The van der Waals surface area contributed by atoms with Gasteiger partial charge in [0.25, 0.3) is 0 Å². The van der Waals surface area contributed by atoms with Crippen molar-refractivity contribution >= 4 is 0 Å². The number of hydrogen-bond acceptors (Lipinski definition) is 1. The lowest BCUT2D eigenvalue weighted by Gasteiger charge is -2.26. The highest BCUT2D eigenvalue weighted by molar-refractivity contribution is 5.86. The highest BCUT2D eigenvalue weighted by atomic mass is 16.5. The van der Waals surface area contributed by atoms with Crippen LogP contribution < -0.4 is 4.74 Å². The molecular weight excluding hydrogens is 376 g/mol. The number of hydrogen-bond donors (Lipinski definition) is 0. The molecule has 1 atom stereocenters. The summed E-state index contributed by atoms with van der Waals surface area (Å²) in [7, 11) is 1.81. The van der Waals surface area contributed by atoms with E-state index in [1.807, 2.05) is 7.11 Å². The molecule has 0 heterocycles. The first kappa shape index (κ1) is 21.9. The molecule has 2 aromatic rings. The van der Waals surface area contributed by atoms with Crippen molar-refractivity contribution in [2.75, 3.05) is 7.11 Å². The summed E-state index contributed by atoms with van der Waals surface area (Å²) in [5, 5.41) is 0. The Hall–Kier alpha value is -2.28. The maximum atomic E-state index is 6.00. The van der Waals surface area contributed by atoms with Crippen LogP contribution in [0.4, 0.5) is 0 Å². The van der Waals surface area contributed by atoms with Gasteiger partial charge >= 0.3 is 0 Å². The molecule has 0 fully saturated rings. The summed E-state index contributed by atoms with van der Waals surface area (Å²) in [5.41, 5.74) is 11.4. The number of rotatable bonds is 3. The molecule has 2 aliphatic rings. The Kier molecular flexibility index (Phi) is 5.23. The summed E-state index contributed by atoms with van der Waals surface area (Å²) < 4.78 is 6.00. The fourth-order valence-electron chi connectivity index (χ4n) is 5.15. The molecule has 0 radical (unpaired) electrons. The van der Waals surface area contributed by atoms with Gasteiger partial charge in [-0.15, -0.1) is 0 Å². The predicted molar refractivity (Wildman–Crippen MR) is 133 cm³/mol. The molecule has 2 aliphatic carbocycles. The Morgan fingerprint density at radius 1 is 0.839 bits per heavy atom. The van der Waals surface area contributed by atoms with Gasteiger partial charge in [0.2, 0.25) is 0 Å². The first-order chi connectivity index (χ1) is 14.4. The molecule has 0 aliphatic heterocycles. The number of methoxy groups -OCH3 is 1. The first-order valence-electron chi connectivity index (χ1n) is 11.7. The monoisotopic (exact) mass is 414 g/mol. The van der Waals surface area contributed by atoms with E-state index in [1.165, 1.54) is 44.5 Å². The third-order valence-electron chi connectivity index (χ3n) is 6.97. The maximum Gasteiger partial charge on any atom is 0.127 e. The first-order valence-corrected chi connectivity index (χ1v) is 11.7. The number of benzene rings is 2. The van der Waals surface area contributed by atoms with Crippen LogP contribution in [0.25, 0.3) is 11.1 Å². The van der Waals surface area contributed by atoms with E-state index in [4.69, 9.17) is 4.74 Å². The van der Waals surface area contributed by atoms with E-state index in [0.29, 0.717) is 5.92 Å². The van der Waals surface area contributed by atoms with Crippen molar-refractivity contribution in [1.82, 2.24) is 0 Å². The van der Waals surface area contributed by atoms with E-state index < -0.39 is 0 Å². The standard InChI is InChI=1S/C30H38O/c1-18(2)21-11-10-12-22(21)27-24-15-19(29(3,4)5)13-14-23(24)28-25(27)16-20(30(6,7)8)17-26(28)31-9/h11-18,27H,10H2,1-9H3. The summed E-state index contributed by atoms with van der Waals surface area (Å²) in [6.07, 6.45) is 5.92. The van der Waals surface area contributed by atoms with Crippen molar-refractivity contribution in [3.63, 3.8) is 0 Å². The fourth-order valence-corrected chi connectivity index (χ4v) is 5.15. The molecule has 2 aromatic carbocycles. The van der Waals surface area contributed by atoms with Gasteiger partial charge in [0.15, 0.2) is 0 Å². The Morgan fingerprint density at radius 2 is 1.48 bits per heavy atom. The summed E-state index contributed by atoms with van der Waals surface area (Å²) in [6.45, 7) is 18.4. The molecule has 0 N–H and O–H groups in total. The lowest BCUT2D eigenvalue weighted by atomic mass is 9.79. The fraction of sp³-hybridized carbons (Fsp3) is 0.467. The highest BCUT2D eigenvalue weighted by Gasteiger charge is 2.37. The SMILES string of the molecule is COc1cc(C(C)(C)C)cc2c1-c1ccc(C(C)(C)C)cc1C2C1=CCC=C1C(C)C. The van der Waals surface area contributed by atoms with Gasteiger partial charge < -0.3 is 4.74 Å². The molecule has 1 heteroatoms. The zero-order chi connectivity index (χ0) is 22.7. The Balaban J connectivity index is 2.03. The second kappa shape index (κ2) is 7.40. The van der Waals surface area contributed by atoms with Crippen LogP contribution in [0.1, 0.15) is 90.0 Å². The van der Waals surface area contributed by atoms with E-state index in [2.05, 4.69) is 97.9 Å². The van der Waals surface area contributed by atoms with Gasteiger partial charge in [0.05, 0.1) is 7.11 Å². The van der Waals surface area contributed by atoms with Crippen LogP contribution in [0.3, 0.4) is 0 Å². The largest absolute Gasteiger partial charge is 0.496 e. The molecule has 31 heavy (non-hydrogen) atoms. The number of allylic oxidation sites excluding steroid dienone is 4. The van der Waals surface area contributed by atoms with Crippen molar-refractivity contribution in [1.29, 1.82) is 0 Å². The summed E-state index contributed by atoms with van der Waals surface area (Å²) in [5.74, 6) is 1.81. The van der Waals surface area contributed by atoms with Crippen molar-refractivity contribution in [2.24, 2.45) is 5.92 Å². The van der Waals surface area contributed by atoms with Gasteiger partial charge in [-0.2, -0.15) is 0 Å². The van der Waals surface area contributed by atoms with E-state index in [-0.39, 0.29) is 16.7 Å². The smallest absolute Gasteiger partial charge is 0.127 e. The van der Waals surface area contributed by atoms with Crippen molar-refractivity contribution < 1.29 is 4.74 Å². The molecule has 1 unspecified atom stereocenters. The van der Waals surface area contributed by atoms with Crippen molar-refractivity contribution in [2.45, 2.75) is 78.6 Å². The van der Waals surface area contributed by atoms with E-state index in [0.717, 1.165) is 12.2 Å². The topological polar surface area (TPSA) is 9.23 Å². The molecule has 0 saturated heterocycles. The van der Waals surface area contributed by atoms with Gasteiger partial charge in [-0.3, -0.25) is 0 Å². The molecule has 0 amide bonds. The van der Waals surface area contributed by atoms with E-state index in [1.54, 1.807) is 0 Å². The number of fused-ring (bicyclic) bond motifs is 3. The average molecular weight is 415 g/mol. The number of ether oxygens (including phenoxy) is 1. The molecule has 0 bridgehead atoms. The lowest BCUT2D eigenvalue weighted by molar-refractivity contribution is 0.414. The summed E-state index contributed by atoms with van der Waals surface area (Å²) in [4.78, 5) is 0. The minimum absolute atomic E-state index is 0.0684. The van der Waals surface area contributed by atoms with E-state index in [9.17, 15) is 0 Å². The van der Waals surface area contributed by atoms with Crippen LogP contribution in [0.15, 0.2) is 53.6 Å². The molecule has 0 aromatic heterocycles. The Morgan fingerprint density at radius 3 is 2.06 bits per heavy atom. The van der Waals surface area contributed by atoms with Gasteiger partial charge in [0, 0.05) is 11.5 Å². The van der Waals surface area contributed by atoms with Gasteiger partial charge in [-0.25, -0.2) is 0 Å². The van der Waals surface area contributed by atoms with Crippen LogP contribution in [0.2, 0.25) is 0 Å². The van der Waals surface area contributed by atoms with Crippen molar-refractivity contribution in [3.05, 3.63) is 75.9 Å². The molecular formula is C30H38O. The molecule has 1 nitrogen and oxygen atoms in total. The zero-order valence-corrected chi connectivity index (χ0v) is 20.8. The molecule has 4 rings (SSSR count). The third kappa shape index (κ3) is 3.67. The summed E-state index contributed by atoms with van der Waals surface area (Å²) >= 11 is 0.